The van der Waals surface area contributed by atoms with Gasteiger partial charge in [0.15, 0.2) is 9.84 Å². The van der Waals surface area contributed by atoms with E-state index in [1.165, 1.54) is 43.3 Å². The van der Waals surface area contributed by atoms with Crippen LogP contribution >= 0.6 is 11.6 Å². The summed E-state index contributed by atoms with van der Waals surface area (Å²) in [4.78, 5) is 26.1. The molecular formula is C28H28ClFN2O6S2. The number of carbonyl (C=O) groups is 2. The summed E-state index contributed by atoms with van der Waals surface area (Å²) < 4.78 is 65.4. The number of amides is 2. The van der Waals surface area contributed by atoms with E-state index in [1.807, 2.05) is 0 Å². The lowest BCUT2D eigenvalue weighted by atomic mass is 10.0. The Morgan fingerprint density at radius 3 is 2.15 bits per heavy atom. The molecular weight excluding hydrogens is 579 g/mol. The third kappa shape index (κ3) is 6.89. The minimum Gasteiger partial charge on any atom is -0.323 e. The molecule has 1 saturated carbocycles. The van der Waals surface area contributed by atoms with Gasteiger partial charge in [0.2, 0.25) is 15.9 Å². The van der Waals surface area contributed by atoms with Crippen LogP contribution in [-0.2, 0) is 31.1 Å². The smallest absolute Gasteiger partial charge is 0.268 e. The topological polar surface area (TPSA) is 118 Å². The second-order valence-electron chi connectivity index (χ2n) is 9.66. The van der Waals surface area contributed by atoms with Crippen molar-refractivity contribution in [3.63, 3.8) is 0 Å². The molecule has 0 heterocycles. The number of nitrogens with zero attached hydrogens (tertiary/aromatic N) is 1. The standard InChI is InChI=1S/C28H28ClFN2O6S2/c1-3-40(37,38)23-13-4-18(5-14-23)16-26(33)31-25-15-10-21(17-24(25)30)28(34)32(39(2,35)36)27(19-6-7-19)20-8-11-22(29)12-9-20/h4-5,8-15,17,19,27H,3,6-7,16H2,1-2H3,(H,31,33). The Morgan fingerprint density at radius 1 is 1.00 bits per heavy atom. The lowest BCUT2D eigenvalue weighted by Crippen LogP contribution is -2.40. The fourth-order valence-electron chi connectivity index (χ4n) is 4.39. The second-order valence-corrected chi connectivity index (χ2v) is 14.2. The summed E-state index contributed by atoms with van der Waals surface area (Å²) in [6.07, 6.45) is 2.27. The lowest BCUT2D eigenvalue weighted by molar-refractivity contribution is -0.115. The zero-order chi connectivity index (χ0) is 29.2. The Morgan fingerprint density at radius 2 is 1.62 bits per heavy atom. The van der Waals surface area contributed by atoms with Crippen LogP contribution in [0.3, 0.4) is 0 Å². The van der Waals surface area contributed by atoms with Crippen LogP contribution in [0.1, 0.15) is 47.3 Å². The van der Waals surface area contributed by atoms with Crippen LogP contribution in [0.25, 0.3) is 0 Å². The molecule has 3 aromatic rings. The Bertz CT molecular complexity index is 1640. The van der Waals surface area contributed by atoms with Gasteiger partial charge in [0.05, 0.1) is 35.1 Å². The molecule has 2 amide bonds. The number of rotatable bonds is 10. The van der Waals surface area contributed by atoms with Gasteiger partial charge in [-0.15, -0.1) is 0 Å². The summed E-state index contributed by atoms with van der Waals surface area (Å²) >= 11 is 5.99. The molecule has 1 atom stereocenters. The molecule has 1 unspecified atom stereocenters. The minimum atomic E-state index is -4.04. The average Bonchev–Trinajstić information content (AvgIpc) is 3.73. The third-order valence-electron chi connectivity index (χ3n) is 6.61. The highest BCUT2D eigenvalue weighted by atomic mass is 35.5. The number of benzene rings is 3. The van der Waals surface area contributed by atoms with Gasteiger partial charge in [-0.1, -0.05) is 42.8 Å². The highest BCUT2D eigenvalue weighted by Crippen LogP contribution is 2.46. The van der Waals surface area contributed by atoms with E-state index in [0.717, 1.165) is 29.5 Å². The summed E-state index contributed by atoms with van der Waals surface area (Å²) in [7, 11) is -7.42. The largest absolute Gasteiger partial charge is 0.323 e. The van der Waals surface area contributed by atoms with Crippen molar-refractivity contribution in [2.45, 2.75) is 37.1 Å². The van der Waals surface area contributed by atoms with Crippen molar-refractivity contribution < 1.29 is 30.8 Å². The first-order chi connectivity index (χ1) is 18.8. The van der Waals surface area contributed by atoms with Crippen LogP contribution in [0, 0.1) is 11.7 Å². The molecule has 0 radical (unpaired) electrons. The highest BCUT2D eigenvalue weighted by Gasteiger charge is 2.43. The molecule has 40 heavy (non-hydrogen) atoms. The monoisotopic (exact) mass is 606 g/mol. The predicted molar refractivity (Wildman–Crippen MR) is 151 cm³/mol. The number of halogens is 2. The quantitative estimate of drug-likeness (QED) is 0.347. The van der Waals surface area contributed by atoms with Crippen molar-refractivity contribution in [1.29, 1.82) is 0 Å². The van der Waals surface area contributed by atoms with Gasteiger partial charge in [-0.05, 0) is 72.4 Å². The van der Waals surface area contributed by atoms with Gasteiger partial charge < -0.3 is 5.32 Å². The lowest BCUT2D eigenvalue weighted by Gasteiger charge is -2.30. The molecule has 0 aliphatic heterocycles. The molecule has 0 bridgehead atoms. The highest BCUT2D eigenvalue weighted by molar-refractivity contribution is 7.91. The SMILES string of the molecule is CCS(=O)(=O)c1ccc(CC(=O)Nc2ccc(C(=O)N(C(c3ccc(Cl)cc3)C3CC3)S(C)(=O)=O)cc2F)cc1. The first kappa shape index (κ1) is 29.7. The maximum atomic E-state index is 15.0. The number of hydrogen-bond acceptors (Lipinski definition) is 6. The number of sulfonamides is 1. The van der Waals surface area contributed by atoms with E-state index in [2.05, 4.69) is 5.32 Å². The van der Waals surface area contributed by atoms with Gasteiger partial charge in [0.25, 0.3) is 5.91 Å². The van der Waals surface area contributed by atoms with E-state index in [4.69, 9.17) is 11.6 Å². The summed E-state index contributed by atoms with van der Waals surface area (Å²) in [6.45, 7) is 1.54. The molecule has 1 aliphatic rings. The molecule has 0 spiro atoms. The third-order valence-corrected chi connectivity index (χ3v) is 9.72. The van der Waals surface area contributed by atoms with Crippen LogP contribution in [0.15, 0.2) is 71.6 Å². The zero-order valence-corrected chi connectivity index (χ0v) is 24.2. The molecule has 3 aromatic carbocycles. The first-order valence-electron chi connectivity index (χ1n) is 12.5. The molecule has 0 saturated heterocycles. The van der Waals surface area contributed by atoms with Crippen LogP contribution < -0.4 is 5.32 Å². The maximum Gasteiger partial charge on any atom is 0.268 e. The Balaban J connectivity index is 1.52. The van der Waals surface area contributed by atoms with E-state index >= 15 is 4.39 Å². The average molecular weight is 607 g/mol. The van der Waals surface area contributed by atoms with Gasteiger partial charge >= 0.3 is 0 Å². The van der Waals surface area contributed by atoms with Crippen molar-refractivity contribution in [3.8, 4) is 0 Å². The van der Waals surface area contributed by atoms with Crippen LogP contribution in [-0.4, -0.2) is 45.0 Å². The number of anilines is 1. The fraction of sp³-hybridized carbons (Fsp3) is 0.286. The number of hydrogen-bond donors (Lipinski definition) is 1. The van der Waals surface area contributed by atoms with Gasteiger partial charge in [-0.25, -0.2) is 25.5 Å². The first-order valence-corrected chi connectivity index (χ1v) is 16.4. The van der Waals surface area contributed by atoms with Gasteiger partial charge in [-0.2, -0.15) is 0 Å². The molecule has 4 rings (SSSR count). The number of nitrogens with one attached hydrogen (secondary N) is 1. The Hall–Kier alpha value is -3.28. The minimum absolute atomic E-state index is 0.0467. The zero-order valence-electron chi connectivity index (χ0n) is 21.8. The van der Waals surface area contributed by atoms with E-state index in [-0.39, 0.29) is 34.2 Å². The number of carbonyl (C=O) groups excluding carboxylic acids is 2. The normalized spacial score (nSPS) is 14.4. The molecule has 1 fully saturated rings. The molecule has 212 valence electrons. The van der Waals surface area contributed by atoms with Crippen molar-refractivity contribution in [2.75, 3.05) is 17.3 Å². The Labute approximate surface area is 238 Å². The molecule has 8 nitrogen and oxygen atoms in total. The van der Waals surface area contributed by atoms with E-state index < -0.39 is 43.5 Å². The van der Waals surface area contributed by atoms with Crippen molar-refractivity contribution in [1.82, 2.24) is 4.31 Å². The van der Waals surface area contributed by atoms with E-state index in [1.54, 1.807) is 24.3 Å². The molecule has 0 aromatic heterocycles. The summed E-state index contributed by atoms with van der Waals surface area (Å²) in [5, 5.41) is 2.90. The van der Waals surface area contributed by atoms with Crippen LogP contribution in [0.4, 0.5) is 10.1 Å². The van der Waals surface area contributed by atoms with Crippen LogP contribution in [0.2, 0.25) is 5.02 Å². The van der Waals surface area contributed by atoms with Gasteiger partial charge in [-0.3, -0.25) is 9.59 Å². The molecule has 12 heteroatoms. The van der Waals surface area contributed by atoms with Crippen molar-refractivity contribution in [3.05, 3.63) is 94.3 Å². The molecule has 1 N–H and O–H groups in total. The van der Waals surface area contributed by atoms with Gasteiger partial charge in [0, 0.05) is 10.6 Å². The summed E-state index contributed by atoms with van der Waals surface area (Å²) in [5.74, 6) is -2.47. The van der Waals surface area contributed by atoms with E-state index in [0.29, 0.717) is 16.1 Å². The summed E-state index contributed by atoms with van der Waals surface area (Å²) in [5.41, 5.74) is 0.759. The fourth-order valence-corrected chi connectivity index (χ4v) is 6.52. The van der Waals surface area contributed by atoms with Crippen molar-refractivity contribution in [2.24, 2.45) is 5.92 Å². The Kier molecular flexibility index (Phi) is 8.67. The molecule has 1 aliphatic carbocycles. The van der Waals surface area contributed by atoms with E-state index in [9.17, 15) is 26.4 Å². The second kappa shape index (κ2) is 11.7. The number of sulfone groups is 1. The predicted octanol–water partition coefficient (Wildman–Crippen LogP) is 5.01. The van der Waals surface area contributed by atoms with Crippen LogP contribution in [0.5, 0.6) is 0 Å². The summed E-state index contributed by atoms with van der Waals surface area (Å²) in [6, 6.07) is 15.0. The maximum absolute atomic E-state index is 15.0. The van der Waals surface area contributed by atoms with Gasteiger partial charge in [0.1, 0.15) is 5.82 Å². The van der Waals surface area contributed by atoms with Crippen molar-refractivity contribution >= 4 is 49.0 Å².